The summed E-state index contributed by atoms with van der Waals surface area (Å²) in [6.07, 6.45) is -4.01. The van der Waals surface area contributed by atoms with Gasteiger partial charge in [0, 0.05) is 24.3 Å². The maximum absolute atomic E-state index is 12.4. The highest BCUT2D eigenvalue weighted by molar-refractivity contribution is 6.31. The maximum Gasteiger partial charge on any atom is 0.395 e. The van der Waals surface area contributed by atoms with E-state index in [0.717, 1.165) is 0 Å². The van der Waals surface area contributed by atoms with Crippen LogP contribution in [0.1, 0.15) is 19.8 Å². The Kier molecular flexibility index (Phi) is 3.68. The second kappa shape index (κ2) is 5.27. The molecule has 1 fully saturated rings. The van der Waals surface area contributed by atoms with E-state index in [2.05, 4.69) is 10.1 Å². The Balaban J connectivity index is 1.63. The van der Waals surface area contributed by atoms with Crippen molar-refractivity contribution < 1.29 is 23.0 Å². The Bertz CT molecular complexity index is 651. The lowest BCUT2D eigenvalue weighted by molar-refractivity contribution is -0.153. The van der Waals surface area contributed by atoms with Crippen molar-refractivity contribution in [3.8, 4) is 5.88 Å². The average Bonchev–Trinajstić information content (AvgIpc) is 2.85. The lowest BCUT2D eigenvalue weighted by Crippen LogP contribution is -2.17. The summed E-state index contributed by atoms with van der Waals surface area (Å²) in [5.41, 5.74) is 0.578. The van der Waals surface area contributed by atoms with Crippen LogP contribution in [0.3, 0.4) is 0 Å². The van der Waals surface area contributed by atoms with Gasteiger partial charge in [-0.05, 0) is 13.3 Å². The van der Waals surface area contributed by atoms with E-state index >= 15 is 0 Å². The Morgan fingerprint density at radius 2 is 2.23 bits per heavy atom. The molecule has 0 spiro atoms. The minimum atomic E-state index is -4.23. The van der Waals surface area contributed by atoms with Crippen molar-refractivity contribution in [3.05, 3.63) is 23.0 Å². The van der Waals surface area contributed by atoms with Crippen LogP contribution in [0, 0.1) is 5.92 Å². The predicted octanol–water partition coefficient (Wildman–Crippen LogP) is 2.69. The van der Waals surface area contributed by atoms with Crippen LogP contribution in [0.5, 0.6) is 5.88 Å². The molecule has 0 aromatic carbocycles. The molecule has 1 aromatic rings. The zero-order chi connectivity index (χ0) is 16.1. The van der Waals surface area contributed by atoms with Gasteiger partial charge in [-0.2, -0.15) is 13.2 Å². The van der Waals surface area contributed by atoms with Crippen molar-refractivity contribution in [3.63, 3.8) is 0 Å². The quantitative estimate of drug-likeness (QED) is 0.864. The predicted molar refractivity (Wildman–Crippen MR) is 72.8 cm³/mol. The number of halogens is 4. The molecule has 5 nitrogen and oxygen atoms in total. The minimum absolute atomic E-state index is 0.0448. The maximum atomic E-state index is 12.4. The van der Waals surface area contributed by atoms with Gasteiger partial charge in [0.1, 0.15) is 17.1 Å². The van der Waals surface area contributed by atoms with Crippen LogP contribution in [0.2, 0.25) is 0 Å². The van der Waals surface area contributed by atoms with Crippen LogP contribution in [0.4, 0.5) is 13.2 Å². The van der Waals surface area contributed by atoms with Gasteiger partial charge in [0.05, 0.1) is 12.0 Å². The zero-order valence-corrected chi connectivity index (χ0v) is 12.3. The molecule has 2 aliphatic rings. The van der Waals surface area contributed by atoms with Crippen LogP contribution in [-0.4, -0.2) is 39.1 Å². The van der Waals surface area contributed by atoms with Gasteiger partial charge < -0.3 is 9.84 Å². The van der Waals surface area contributed by atoms with Gasteiger partial charge in [0.2, 0.25) is 5.88 Å². The highest BCUT2D eigenvalue weighted by Crippen LogP contribution is 2.46. The number of aromatic nitrogens is 2. The first-order chi connectivity index (χ1) is 10.3. The molecular formula is C13H13ClF3N3O2. The largest absolute Gasteiger partial charge is 0.473 e. The monoisotopic (exact) mass is 335 g/mol. The van der Waals surface area contributed by atoms with Crippen LogP contribution in [0.15, 0.2) is 28.0 Å². The molecule has 22 heavy (non-hydrogen) atoms. The molecular weight excluding hydrogens is 323 g/mol. The number of ether oxygens (including phenoxy) is 1. The van der Waals surface area contributed by atoms with E-state index in [0.29, 0.717) is 17.8 Å². The summed E-state index contributed by atoms with van der Waals surface area (Å²) in [6.45, 7) is 1.58. The second-order valence-electron chi connectivity index (χ2n) is 5.34. The Morgan fingerprint density at radius 3 is 2.77 bits per heavy atom. The molecule has 1 saturated carbocycles. The molecule has 9 heteroatoms. The highest BCUT2D eigenvalue weighted by atomic mass is 35.5. The van der Waals surface area contributed by atoms with Gasteiger partial charge in [0.25, 0.3) is 0 Å². The van der Waals surface area contributed by atoms with E-state index in [1.807, 2.05) is 0 Å². The van der Waals surface area contributed by atoms with Gasteiger partial charge in [-0.3, -0.25) is 0 Å². The molecule has 1 N–H and O–H groups in total. The number of rotatable bonds is 3. The van der Waals surface area contributed by atoms with Crippen LogP contribution in [0.25, 0.3) is 0 Å². The van der Waals surface area contributed by atoms with E-state index in [1.54, 1.807) is 6.92 Å². The Labute approximate surface area is 129 Å². The standard InChI is InChI=1S/C13H13ClF3N3O2/c1-6(21)7-4-10(18-12(7)14)20-3-2-11(19-20)22-9-5-8(9)13(15,16)17/h2-3,6,8-9,21H,4-5H2,1H3/t6-,8-,9-/m0/s1. The topological polar surface area (TPSA) is 59.6 Å². The van der Waals surface area contributed by atoms with Crippen molar-refractivity contribution in [1.82, 2.24) is 9.78 Å². The Morgan fingerprint density at radius 1 is 1.50 bits per heavy atom. The number of hydrogen-bond acceptors (Lipinski definition) is 4. The molecule has 1 aliphatic heterocycles. The molecule has 2 heterocycles. The summed E-state index contributed by atoms with van der Waals surface area (Å²) in [5, 5.41) is 13.8. The van der Waals surface area contributed by atoms with E-state index < -0.39 is 24.3 Å². The van der Waals surface area contributed by atoms with Crippen molar-refractivity contribution >= 4 is 17.4 Å². The van der Waals surface area contributed by atoms with Crippen LogP contribution >= 0.6 is 11.6 Å². The van der Waals surface area contributed by atoms with Gasteiger partial charge in [-0.1, -0.05) is 11.6 Å². The smallest absolute Gasteiger partial charge is 0.395 e. The third kappa shape index (κ3) is 2.98. The van der Waals surface area contributed by atoms with E-state index in [9.17, 15) is 18.3 Å². The van der Waals surface area contributed by atoms with Crippen LogP contribution in [-0.2, 0) is 0 Å². The number of alkyl halides is 3. The summed E-state index contributed by atoms with van der Waals surface area (Å²) >= 11 is 5.92. The first kappa shape index (κ1) is 15.4. The summed E-state index contributed by atoms with van der Waals surface area (Å²) < 4.78 is 43.9. The van der Waals surface area contributed by atoms with Gasteiger partial charge in [-0.25, -0.2) is 9.67 Å². The molecule has 120 valence electrons. The molecule has 0 radical (unpaired) electrons. The van der Waals surface area contributed by atoms with Crippen molar-refractivity contribution in [2.24, 2.45) is 10.9 Å². The fourth-order valence-corrected chi connectivity index (χ4v) is 2.56. The zero-order valence-electron chi connectivity index (χ0n) is 11.5. The third-order valence-electron chi connectivity index (χ3n) is 3.60. The number of aliphatic hydroxyl groups excluding tert-OH is 1. The molecule has 3 atom stereocenters. The summed E-state index contributed by atoms with van der Waals surface area (Å²) in [6, 6.07) is 1.47. The summed E-state index contributed by atoms with van der Waals surface area (Å²) in [4.78, 5) is 4.09. The SMILES string of the molecule is C[C@H](O)C1=C(Cl)N=C(n2ccc(O[C@H]3C[C@@H]3C(F)(F)F)n2)C1. The number of aliphatic imine (C=N–C) groups is 1. The summed E-state index contributed by atoms with van der Waals surface area (Å²) in [5.74, 6) is -0.820. The van der Waals surface area contributed by atoms with Crippen LogP contribution < -0.4 is 4.74 Å². The molecule has 0 unspecified atom stereocenters. The molecule has 3 rings (SSSR count). The number of hydrogen-bond donors (Lipinski definition) is 1. The summed E-state index contributed by atoms with van der Waals surface area (Å²) in [7, 11) is 0. The van der Waals surface area contributed by atoms with E-state index in [-0.39, 0.29) is 17.5 Å². The fourth-order valence-electron chi connectivity index (χ4n) is 2.24. The Hall–Kier alpha value is -1.54. The first-order valence-electron chi connectivity index (χ1n) is 6.69. The minimum Gasteiger partial charge on any atom is -0.473 e. The third-order valence-corrected chi connectivity index (χ3v) is 3.93. The molecule has 1 aromatic heterocycles. The highest BCUT2D eigenvalue weighted by Gasteiger charge is 2.57. The number of nitrogens with zero attached hydrogens (tertiary/aromatic N) is 3. The van der Waals surface area contributed by atoms with Gasteiger partial charge in [-0.15, -0.1) is 5.10 Å². The van der Waals surface area contributed by atoms with Crippen molar-refractivity contribution in [2.75, 3.05) is 0 Å². The number of aliphatic hydroxyl groups is 1. The molecule has 0 amide bonds. The molecule has 0 saturated heterocycles. The van der Waals surface area contributed by atoms with Crippen molar-refractivity contribution in [1.29, 1.82) is 0 Å². The average molecular weight is 336 g/mol. The first-order valence-corrected chi connectivity index (χ1v) is 7.07. The van der Waals surface area contributed by atoms with E-state index in [1.165, 1.54) is 16.9 Å². The van der Waals surface area contributed by atoms with Crippen molar-refractivity contribution in [2.45, 2.75) is 38.1 Å². The van der Waals surface area contributed by atoms with Gasteiger partial charge >= 0.3 is 6.18 Å². The fraction of sp³-hybridized carbons (Fsp3) is 0.538. The normalized spacial score (nSPS) is 26.2. The molecule has 0 bridgehead atoms. The molecule has 1 aliphatic carbocycles. The van der Waals surface area contributed by atoms with E-state index in [4.69, 9.17) is 16.3 Å². The lowest BCUT2D eigenvalue weighted by atomic mass is 10.1. The van der Waals surface area contributed by atoms with Gasteiger partial charge in [0.15, 0.2) is 0 Å². The lowest BCUT2D eigenvalue weighted by Gasteiger charge is -2.06. The second-order valence-corrected chi connectivity index (χ2v) is 5.69.